The molecule has 15 nitrogen and oxygen atoms in total. The average Bonchev–Trinajstić information content (AvgIpc) is 3.64. The van der Waals surface area contributed by atoms with Gasteiger partial charge < -0.3 is 25.4 Å². The number of hydrogen-bond donors (Lipinski definition) is 5. The van der Waals surface area contributed by atoms with Gasteiger partial charge in [-0.05, 0) is 56.7 Å². The molecular weight excluding hydrogens is 727 g/mol. The summed E-state index contributed by atoms with van der Waals surface area (Å²) in [4.78, 5) is 85.4. The predicted octanol–water partition coefficient (Wildman–Crippen LogP) is 4.30. The van der Waals surface area contributed by atoms with Crippen LogP contribution in [0.2, 0.25) is 0 Å². The van der Waals surface area contributed by atoms with Crippen LogP contribution in [-0.2, 0) is 30.3 Å². The highest BCUT2D eigenvalue weighted by atomic mass is 32.1. The fourth-order valence-electron chi connectivity index (χ4n) is 6.88. The van der Waals surface area contributed by atoms with E-state index in [1.54, 1.807) is 24.3 Å². The van der Waals surface area contributed by atoms with Crippen LogP contribution in [0.5, 0.6) is 0 Å². The van der Waals surface area contributed by atoms with Gasteiger partial charge >= 0.3 is 12.1 Å². The average molecular weight is 786 g/mol. The highest BCUT2D eigenvalue weighted by Crippen LogP contribution is 2.31. The first kappa shape index (κ1) is 44.8. The predicted molar refractivity (Wildman–Crippen MR) is 209 cm³/mol. The molecule has 1 aromatic carbocycles. The molecule has 1 aliphatic rings. The van der Waals surface area contributed by atoms with Gasteiger partial charge in [0.15, 0.2) is 6.10 Å². The smallest absolute Gasteiger partial charge is 0.423 e. The Balaban J connectivity index is 1.81. The Bertz CT molecular complexity index is 1610. The highest BCUT2D eigenvalue weighted by Gasteiger charge is 2.37. The topological polar surface area (TPSA) is 199 Å². The summed E-state index contributed by atoms with van der Waals surface area (Å²) in [5.74, 6) is -2.83. The van der Waals surface area contributed by atoms with Gasteiger partial charge in [-0.3, -0.25) is 34.3 Å². The van der Waals surface area contributed by atoms with Gasteiger partial charge in [-0.2, -0.15) is 0 Å². The van der Waals surface area contributed by atoms with Crippen LogP contribution in [0.15, 0.2) is 35.7 Å². The van der Waals surface area contributed by atoms with Gasteiger partial charge in [-0.15, -0.1) is 11.3 Å². The Morgan fingerprint density at radius 3 is 2.31 bits per heavy atom. The molecule has 304 valence electrons. The minimum Gasteiger partial charge on any atom is -0.464 e. The number of rotatable bonds is 18. The Morgan fingerprint density at radius 1 is 1.02 bits per heavy atom. The number of carboxylic acid groups (broad SMARTS) is 1. The van der Waals surface area contributed by atoms with Gasteiger partial charge in [0.05, 0.1) is 6.04 Å². The molecule has 0 radical (unpaired) electrons. The van der Waals surface area contributed by atoms with Gasteiger partial charge in [0.25, 0.3) is 5.91 Å². The summed E-state index contributed by atoms with van der Waals surface area (Å²) in [5, 5.41) is 16.9. The summed E-state index contributed by atoms with van der Waals surface area (Å²) < 4.78 is 5.78. The molecular formula is C39H59N7O8S. The van der Waals surface area contributed by atoms with Gasteiger partial charge in [0, 0.05) is 43.8 Å². The zero-order chi connectivity index (χ0) is 40.8. The summed E-state index contributed by atoms with van der Waals surface area (Å²) in [5.41, 5.74) is 5.02. The van der Waals surface area contributed by atoms with Crippen molar-refractivity contribution in [2.75, 3.05) is 20.6 Å². The lowest BCUT2D eigenvalue weighted by Gasteiger charge is -2.38. The second-order valence-corrected chi connectivity index (χ2v) is 15.8. The van der Waals surface area contributed by atoms with Crippen LogP contribution in [0, 0.1) is 17.8 Å². The maximum absolute atomic E-state index is 14.2. The number of carbonyl (C=O) groups is 6. The molecule has 5 N–H and O–H groups in total. The summed E-state index contributed by atoms with van der Waals surface area (Å²) >= 11 is 1.16. The van der Waals surface area contributed by atoms with E-state index in [0.717, 1.165) is 42.7 Å². The van der Waals surface area contributed by atoms with E-state index < -0.39 is 54.0 Å². The third-order valence-corrected chi connectivity index (χ3v) is 11.2. The molecule has 5 amide bonds. The lowest BCUT2D eigenvalue weighted by molar-refractivity contribution is -0.149. The summed E-state index contributed by atoms with van der Waals surface area (Å²) in [6, 6.07) is 7.45. The molecule has 7 atom stereocenters. The fraction of sp³-hybridized carbons (Fsp3) is 0.615. The number of benzene rings is 1. The molecule has 1 saturated heterocycles. The van der Waals surface area contributed by atoms with Crippen molar-refractivity contribution in [3.05, 3.63) is 52.0 Å². The Kier molecular flexibility index (Phi) is 17.5. The first-order valence-electron chi connectivity index (χ1n) is 19.1. The van der Waals surface area contributed by atoms with Gasteiger partial charge in [0.2, 0.25) is 17.7 Å². The first-order valence-corrected chi connectivity index (χ1v) is 19.9. The van der Waals surface area contributed by atoms with E-state index in [1.807, 2.05) is 75.4 Å². The quantitative estimate of drug-likeness (QED) is 0.107. The van der Waals surface area contributed by atoms with E-state index in [1.165, 1.54) is 6.92 Å². The summed E-state index contributed by atoms with van der Waals surface area (Å²) in [6.45, 7) is 11.6. The number of amides is 5. The number of hydrazine groups is 1. The zero-order valence-corrected chi connectivity index (χ0v) is 34.1. The van der Waals surface area contributed by atoms with E-state index in [0.29, 0.717) is 17.8 Å². The SMILES string of the molecule is CC[C@H](C)[C@H](NC(=O)[C@H]1CCCCN1C)C(=O)N(C)[C@H](C[C@@H](OC(C)=O)c1nc(C(=O)N[C@@H](Cc2ccccc2)C[C@H](C)C(=O)NNC(=O)O)cs1)C(C)C. The minimum absolute atomic E-state index is 0.0730. The van der Waals surface area contributed by atoms with Crippen molar-refractivity contribution in [2.45, 2.75) is 117 Å². The number of nitrogens with one attached hydrogen (secondary N) is 4. The first-order chi connectivity index (χ1) is 26.0. The molecule has 2 aromatic rings. The fourth-order valence-corrected chi connectivity index (χ4v) is 7.72. The number of nitrogens with zero attached hydrogens (tertiary/aromatic N) is 3. The summed E-state index contributed by atoms with van der Waals surface area (Å²) in [6.07, 6.45) is 1.94. The van der Waals surface area contributed by atoms with Gasteiger partial charge in [0.1, 0.15) is 16.7 Å². The molecule has 0 unspecified atom stereocenters. The number of likely N-dealkylation sites (tertiary alicyclic amines) is 1. The van der Waals surface area contributed by atoms with Crippen molar-refractivity contribution in [3.63, 3.8) is 0 Å². The Labute approximate surface area is 328 Å². The van der Waals surface area contributed by atoms with Crippen LogP contribution < -0.4 is 21.5 Å². The molecule has 0 saturated carbocycles. The second-order valence-electron chi connectivity index (χ2n) is 14.9. The zero-order valence-electron chi connectivity index (χ0n) is 33.3. The number of piperidine rings is 1. The van der Waals surface area contributed by atoms with E-state index in [2.05, 4.69) is 21.0 Å². The van der Waals surface area contributed by atoms with E-state index in [4.69, 9.17) is 9.84 Å². The number of aromatic nitrogens is 1. The van der Waals surface area contributed by atoms with Crippen molar-refractivity contribution < 1.29 is 38.6 Å². The maximum atomic E-state index is 14.2. The Hall–Kier alpha value is -4.57. The molecule has 0 aliphatic carbocycles. The monoisotopic (exact) mass is 785 g/mol. The van der Waals surface area contributed by atoms with Crippen LogP contribution >= 0.6 is 11.3 Å². The van der Waals surface area contributed by atoms with E-state index >= 15 is 0 Å². The largest absolute Gasteiger partial charge is 0.464 e. The van der Waals surface area contributed by atoms with Crippen molar-refractivity contribution in [1.82, 2.24) is 36.3 Å². The standard InChI is InChI=1S/C39H59N7O8S/c1-9-24(4)33(42-36(50)30-17-13-14-18-45(30)7)38(51)46(8)31(23(2)3)21-32(54-26(6)47)37-41-29(22-55-37)35(49)40-28(20-27-15-11-10-12-16-27)19-25(5)34(48)43-44-39(52)53/h10-12,15-16,22-25,28,30-33,44H,9,13-14,17-21H2,1-8H3,(H,40,49)(H,42,50)(H,43,48)(H,52,53)/t24-,25-,28+,30+,31+,32+,33-/m0/s1. The third-order valence-electron chi connectivity index (χ3n) is 10.3. The van der Waals surface area contributed by atoms with Crippen LogP contribution in [0.3, 0.4) is 0 Å². The van der Waals surface area contributed by atoms with Gasteiger partial charge in [-0.25, -0.2) is 15.2 Å². The number of likely N-dealkylation sites (N-methyl/N-ethyl adjacent to an activating group) is 2. The summed E-state index contributed by atoms with van der Waals surface area (Å²) in [7, 11) is 3.64. The normalized spacial score (nSPS) is 17.8. The van der Waals surface area contributed by atoms with Crippen molar-refractivity contribution >= 4 is 47.0 Å². The number of hydrogen-bond acceptors (Lipinski definition) is 10. The number of esters is 1. The molecule has 1 fully saturated rings. The van der Waals surface area contributed by atoms with Crippen LogP contribution in [0.1, 0.15) is 107 Å². The van der Waals surface area contributed by atoms with Crippen molar-refractivity contribution in [1.29, 1.82) is 0 Å². The molecule has 3 rings (SSSR count). The molecule has 1 aliphatic heterocycles. The molecule has 16 heteroatoms. The third kappa shape index (κ3) is 13.6. The van der Waals surface area contributed by atoms with E-state index in [-0.39, 0.29) is 48.2 Å². The maximum Gasteiger partial charge on any atom is 0.423 e. The molecule has 1 aromatic heterocycles. The van der Waals surface area contributed by atoms with Crippen LogP contribution in [0.4, 0.5) is 4.79 Å². The minimum atomic E-state index is -1.40. The highest BCUT2D eigenvalue weighted by molar-refractivity contribution is 7.09. The van der Waals surface area contributed by atoms with E-state index in [9.17, 15) is 28.8 Å². The van der Waals surface area contributed by atoms with Crippen molar-refractivity contribution in [2.24, 2.45) is 17.8 Å². The number of carbonyl (C=O) groups excluding carboxylic acids is 5. The molecule has 0 spiro atoms. The molecule has 2 heterocycles. The second kappa shape index (κ2) is 21.5. The van der Waals surface area contributed by atoms with Crippen LogP contribution in [-0.4, -0.2) is 100 Å². The van der Waals surface area contributed by atoms with Crippen molar-refractivity contribution in [3.8, 4) is 0 Å². The van der Waals surface area contributed by atoms with Crippen LogP contribution in [0.25, 0.3) is 0 Å². The lowest BCUT2D eigenvalue weighted by Crippen LogP contribution is -2.58. The van der Waals surface area contributed by atoms with Gasteiger partial charge in [-0.1, -0.05) is 77.8 Å². The molecule has 55 heavy (non-hydrogen) atoms. The molecule has 0 bridgehead atoms. The number of ether oxygens (including phenoxy) is 1. The number of thiazole rings is 1. The lowest BCUT2D eigenvalue weighted by atomic mass is 9.92. The Morgan fingerprint density at radius 2 is 1.71 bits per heavy atom.